The van der Waals surface area contributed by atoms with Gasteiger partial charge in [-0.05, 0) is 31.4 Å². The highest BCUT2D eigenvalue weighted by Crippen LogP contribution is 2.17. The lowest BCUT2D eigenvalue weighted by molar-refractivity contribution is -0.154. The zero-order valence-corrected chi connectivity index (χ0v) is 18.6. The Labute approximate surface area is 181 Å². The van der Waals surface area contributed by atoms with Crippen molar-refractivity contribution in [1.82, 2.24) is 20.5 Å². The fraction of sp³-hybridized carbons (Fsp3) is 0.667. The third-order valence-corrected chi connectivity index (χ3v) is 4.33. The van der Waals surface area contributed by atoms with Crippen molar-refractivity contribution in [2.24, 2.45) is 4.99 Å². The Morgan fingerprint density at radius 2 is 2.04 bits per heavy atom. The Morgan fingerprint density at radius 1 is 1.32 bits per heavy atom. The molecular weight excluding hydrogens is 486 g/mol. The van der Waals surface area contributed by atoms with Crippen LogP contribution in [0.3, 0.4) is 0 Å². The minimum atomic E-state index is -4.37. The Kier molecular flexibility index (Phi) is 10.9. The number of ether oxygens (including phenoxy) is 1. The molecule has 28 heavy (non-hydrogen) atoms. The maximum atomic E-state index is 12.1. The molecule has 1 saturated heterocycles. The van der Waals surface area contributed by atoms with Gasteiger partial charge in [-0.2, -0.15) is 13.2 Å². The summed E-state index contributed by atoms with van der Waals surface area (Å²) in [6.45, 7) is 4.65. The van der Waals surface area contributed by atoms with E-state index < -0.39 is 12.8 Å². The van der Waals surface area contributed by atoms with Crippen LogP contribution in [0.1, 0.15) is 31.7 Å². The van der Waals surface area contributed by atoms with E-state index in [-0.39, 0.29) is 29.9 Å². The minimum absolute atomic E-state index is 0. The first kappa shape index (κ1) is 24.7. The van der Waals surface area contributed by atoms with Crippen LogP contribution < -0.4 is 15.4 Å². The van der Waals surface area contributed by atoms with Crippen molar-refractivity contribution in [2.45, 2.75) is 44.9 Å². The number of hydrogen-bond donors (Lipinski definition) is 2. The van der Waals surface area contributed by atoms with Crippen LogP contribution in [0.4, 0.5) is 13.2 Å². The standard InChI is InChI=1S/C18H28F3N5O.HI/c1-3-8-26-9-6-15(7-10-26)25-17(22-2)24-12-14-4-5-16(23-11-14)27-13-18(19,20)21;/h4-5,11,15H,3,6-10,12-13H2,1-2H3,(H2,22,24,25);1H. The minimum Gasteiger partial charge on any atom is -0.468 e. The average Bonchev–Trinajstić information content (AvgIpc) is 2.65. The molecule has 0 unspecified atom stereocenters. The number of alkyl halides is 3. The first-order chi connectivity index (χ1) is 12.9. The van der Waals surface area contributed by atoms with Crippen LogP contribution in [-0.4, -0.2) is 61.4 Å². The van der Waals surface area contributed by atoms with E-state index >= 15 is 0 Å². The van der Waals surface area contributed by atoms with Crippen molar-refractivity contribution < 1.29 is 17.9 Å². The van der Waals surface area contributed by atoms with E-state index in [0.717, 1.165) is 38.0 Å². The summed E-state index contributed by atoms with van der Waals surface area (Å²) in [5.41, 5.74) is 0.829. The molecule has 0 spiro atoms. The van der Waals surface area contributed by atoms with Crippen LogP contribution >= 0.6 is 24.0 Å². The molecule has 1 fully saturated rings. The van der Waals surface area contributed by atoms with Crippen molar-refractivity contribution in [2.75, 3.05) is 33.3 Å². The summed E-state index contributed by atoms with van der Waals surface area (Å²) in [6.07, 6.45) is 0.457. The number of aliphatic imine (C=N–C) groups is 1. The number of rotatable bonds is 7. The summed E-state index contributed by atoms with van der Waals surface area (Å²) in [5, 5.41) is 6.64. The number of pyridine rings is 1. The highest BCUT2D eigenvalue weighted by atomic mass is 127. The first-order valence-corrected chi connectivity index (χ1v) is 9.23. The Morgan fingerprint density at radius 3 is 2.57 bits per heavy atom. The highest BCUT2D eigenvalue weighted by molar-refractivity contribution is 14.0. The Balaban J connectivity index is 0.00000392. The van der Waals surface area contributed by atoms with Gasteiger partial charge in [0.2, 0.25) is 5.88 Å². The van der Waals surface area contributed by atoms with E-state index in [1.807, 2.05) is 0 Å². The summed E-state index contributed by atoms with van der Waals surface area (Å²) in [6, 6.07) is 3.51. The molecule has 0 aliphatic carbocycles. The number of nitrogens with one attached hydrogen (secondary N) is 2. The summed E-state index contributed by atoms with van der Waals surface area (Å²) in [7, 11) is 1.72. The predicted molar refractivity (Wildman–Crippen MR) is 114 cm³/mol. The number of aromatic nitrogens is 1. The normalized spacial score (nSPS) is 16.4. The summed E-state index contributed by atoms with van der Waals surface area (Å²) < 4.78 is 41.0. The average molecular weight is 515 g/mol. The van der Waals surface area contributed by atoms with Gasteiger partial charge in [-0.3, -0.25) is 4.99 Å². The molecule has 10 heteroatoms. The molecule has 2 N–H and O–H groups in total. The Hall–Kier alpha value is -1.30. The lowest BCUT2D eigenvalue weighted by atomic mass is 10.1. The lowest BCUT2D eigenvalue weighted by Gasteiger charge is -2.32. The van der Waals surface area contributed by atoms with Gasteiger partial charge in [0, 0.05) is 45.0 Å². The second-order valence-corrected chi connectivity index (χ2v) is 6.59. The van der Waals surface area contributed by atoms with Gasteiger partial charge in [-0.15, -0.1) is 24.0 Å². The van der Waals surface area contributed by atoms with E-state index in [9.17, 15) is 13.2 Å². The lowest BCUT2D eigenvalue weighted by Crippen LogP contribution is -2.48. The maximum Gasteiger partial charge on any atom is 0.422 e. The van der Waals surface area contributed by atoms with E-state index in [1.165, 1.54) is 18.7 Å². The van der Waals surface area contributed by atoms with E-state index in [1.54, 1.807) is 13.1 Å². The van der Waals surface area contributed by atoms with Crippen molar-refractivity contribution >= 4 is 29.9 Å². The van der Waals surface area contributed by atoms with E-state index in [0.29, 0.717) is 18.5 Å². The van der Waals surface area contributed by atoms with Crippen molar-refractivity contribution in [3.63, 3.8) is 0 Å². The summed E-state index contributed by atoms with van der Waals surface area (Å²) >= 11 is 0. The van der Waals surface area contributed by atoms with Gasteiger partial charge in [0.25, 0.3) is 0 Å². The summed E-state index contributed by atoms with van der Waals surface area (Å²) in [4.78, 5) is 10.6. The van der Waals surface area contributed by atoms with Crippen LogP contribution in [0.25, 0.3) is 0 Å². The van der Waals surface area contributed by atoms with Gasteiger partial charge in [0.1, 0.15) is 0 Å². The SMILES string of the molecule is CCCN1CCC(NC(=NC)NCc2ccc(OCC(F)(F)F)nc2)CC1.I. The van der Waals surface area contributed by atoms with Crippen molar-refractivity contribution in [3.05, 3.63) is 23.9 Å². The van der Waals surface area contributed by atoms with E-state index in [4.69, 9.17) is 0 Å². The van der Waals surface area contributed by atoms with Gasteiger partial charge >= 0.3 is 6.18 Å². The van der Waals surface area contributed by atoms with Crippen LogP contribution in [0.5, 0.6) is 5.88 Å². The zero-order chi connectivity index (χ0) is 19.7. The van der Waals surface area contributed by atoms with Gasteiger partial charge in [-0.25, -0.2) is 4.98 Å². The molecule has 0 amide bonds. The number of nitrogens with zero attached hydrogens (tertiary/aromatic N) is 3. The van der Waals surface area contributed by atoms with Gasteiger partial charge < -0.3 is 20.3 Å². The van der Waals surface area contributed by atoms with Crippen molar-refractivity contribution in [1.29, 1.82) is 0 Å². The molecule has 1 aromatic heterocycles. The molecule has 0 atom stereocenters. The number of piperidine rings is 1. The topological polar surface area (TPSA) is 61.8 Å². The van der Waals surface area contributed by atoms with Crippen molar-refractivity contribution in [3.8, 4) is 5.88 Å². The first-order valence-electron chi connectivity index (χ1n) is 9.23. The fourth-order valence-corrected chi connectivity index (χ4v) is 2.95. The number of hydrogen-bond acceptors (Lipinski definition) is 4. The molecule has 1 aliphatic heterocycles. The second-order valence-electron chi connectivity index (χ2n) is 6.59. The molecule has 0 bridgehead atoms. The van der Waals surface area contributed by atoms with Gasteiger partial charge in [-0.1, -0.05) is 13.0 Å². The summed E-state index contributed by atoms with van der Waals surface area (Å²) in [5.74, 6) is 0.666. The van der Waals surface area contributed by atoms with Crippen LogP contribution in [0.2, 0.25) is 0 Å². The molecule has 1 aromatic rings. The predicted octanol–water partition coefficient (Wildman–Crippen LogP) is 3.18. The molecular formula is C18H29F3IN5O. The molecule has 0 radical (unpaired) electrons. The quantitative estimate of drug-likeness (QED) is 0.332. The van der Waals surface area contributed by atoms with Crippen LogP contribution in [-0.2, 0) is 6.54 Å². The molecule has 6 nitrogen and oxygen atoms in total. The molecule has 1 aliphatic rings. The van der Waals surface area contributed by atoms with Gasteiger partial charge in [0.05, 0.1) is 0 Å². The number of guanidine groups is 1. The molecule has 2 heterocycles. The molecule has 0 saturated carbocycles. The largest absolute Gasteiger partial charge is 0.468 e. The number of halogens is 4. The zero-order valence-electron chi connectivity index (χ0n) is 16.3. The number of likely N-dealkylation sites (tertiary alicyclic amines) is 1. The molecule has 0 aromatic carbocycles. The fourth-order valence-electron chi connectivity index (χ4n) is 2.95. The Bertz CT molecular complexity index is 590. The monoisotopic (exact) mass is 515 g/mol. The molecule has 2 rings (SSSR count). The maximum absolute atomic E-state index is 12.1. The molecule has 160 valence electrons. The third kappa shape index (κ3) is 9.26. The van der Waals surface area contributed by atoms with E-state index in [2.05, 4.69) is 37.2 Å². The second kappa shape index (κ2) is 12.3. The third-order valence-electron chi connectivity index (χ3n) is 4.33. The van der Waals surface area contributed by atoms with Gasteiger partial charge in [0.15, 0.2) is 12.6 Å². The van der Waals surface area contributed by atoms with Crippen LogP contribution in [0.15, 0.2) is 23.3 Å². The van der Waals surface area contributed by atoms with Crippen LogP contribution in [0, 0.1) is 0 Å². The smallest absolute Gasteiger partial charge is 0.422 e. The highest BCUT2D eigenvalue weighted by Gasteiger charge is 2.28.